The Morgan fingerprint density at radius 1 is 1.21 bits per heavy atom. The Hall–Kier alpha value is -2.79. The standard InChI is InChI=1S/C22H22ClN3O2/c1-15-11-17(22(27)26-9-2-3-10-26)7-8-19(15)24-14-21-25-13-20(28-21)16-5-4-6-18(23)12-16/h4-8,11-13,24H,2-3,9-10,14H2,1H3. The molecule has 0 radical (unpaired) electrons. The SMILES string of the molecule is Cc1cc(C(=O)N2CCCC2)ccc1NCc1ncc(-c2cccc(Cl)c2)o1. The van der Waals surface area contributed by atoms with Crippen LogP contribution in [0.4, 0.5) is 5.69 Å². The third-order valence-electron chi connectivity index (χ3n) is 4.96. The van der Waals surface area contributed by atoms with E-state index in [1.54, 1.807) is 6.20 Å². The van der Waals surface area contributed by atoms with Gasteiger partial charge in [0.15, 0.2) is 5.76 Å². The first-order chi connectivity index (χ1) is 13.6. The van der Waals surface area contributed by atoms with Crippen LogP contribution < -0.4 is 5.32 Å². The van der Waals surface area contributed by atoms with Crippen LogP contribution in [0.2, 0.25) is 5.02 Å². The number of carbonyl (C=O) groups is 1. The Bertz CT molecular complexity index is 993. The summed E-state index contributed by atoms with van der Waals surface area (Å²) in [6.07, 6.45) is 3.89. The Balaban J connectivity index is 1.42. The fourth-order valence-corrected chi connectivity index (χ4v) is 3.63. The second-order valence-electron chi connectivity index (χ2n) is 7.01. The maximum absolute atomic E-state index is 12.5. The van der Waals surface area contributed by atoms with E-state index in [0.717, 1.165) is 48.3 Å². The molecule has 0 spiro atoms. The molecule has 2 aromatic carbocycles. The van der Waals surface area contributed by atoms with Gasteiger partial charge in [0.1, 0.15) is 0 Å². The number of amides is 1. The molecule has 1 aliphatic heterocycles. The molecule has 144 valence electrons. The summed E-state index contributed by atoms with van der Waals surface area (Å²) in [6, 6.07) is 13.2. The van der Waals surface area contributed by atoms with Crippen LogP contribution in [0, 0.1) is 6.92 Å². The van der Waals surface area contributed by atoms with Gasteiger partial charge in [0.2, 0.25) is 5.89 Å². The lowest BCUT2D eigenvalue weighted by Crippen LogP contribution is -2.27. The lowest BCUT2D eigenvalue weighted by atomic mass is 10.1. The third-order valence-corrected chi connectivity index (χ3v) is 5.19. The van der Waals surface area contributed by atoms with Crippen molar-refractivity contribution in [2.24, 2.45) is 0 Å². The zero-order valence-corrected chi connectivity index (χ0v) is 16.5. The summed E-state index contributed by atoms with van der Waals surface area (Å²) in [6.45, 7) is 4.17. The number of hydrogen-bond acceptors (Lipinski definition) is 4. The Labute approximate surface area is 169 Å². The number of carbonyl (C=O) groups excluding carboxylic acids is 1. The van der Waals surface area contributed by atoms with Crippen molar-refractivity contribution in [2.45, 2.75) is 26.3 Å². The molecule has 1 N–H and O–H groups in total. The number of aryl methyl sites for hydroxylation is 1. The van der Waals surface area contributed by atoms with E-state index in [9.17, 15) is 4.79 Å². The number of hydrogen-bond donors (Lipinski definition) is 1. The lowest BCUT2D eigenvalue weighted by Gasteiger charge is -2.16. The molecule has 4 rings (SSSR count). The van der Waals surface area contributed by atoms with Crippen LogP contribution in [-0.4, -0.2) is 28.9 Å². The van der Waals surface area contributed by atoms with Gasteiger partial charge in [0.05, 0.1) is 12.7 Å². The summed E-state index contributed by atoms with van der Waals surface area (Å²) in [7, 11) is 0. The van der Waals surface area contributed by atoms with Crippen molar-refractivity contribution in [2.75, 3.05) is 18.4 Å². The molecule has 1 fully saturated rings. The molecule has 0 atom stereocenters. The molecule has 2 heterocycles. The molecule has 0 bridgehead atoms. The van der Waals surface area contributed by atoms with Crippen LogP contribution in [0.5, 0.6) is 0 Å². The Morgan fingerprint density at radius 2 is 2.04 bits per heavy atom. The molecule has 6 heteroatoms. The normalized spacial score (nSPS) is 13.7. The molecule has 3 aromatic rings. The molecule has 1 aromatic heterocycles. The largest absolute Gasteiger partial charge is 0.439 e. The molecule has 5 nitrogen and oxygen atoms in total. The van der Waals surface area contributed by atoms with E-state index in [1.165, 1.54) is 0 Å². The summed E-state index contributed by atoms with van der Waals surface area (Å²) in [5, 5.41) is 3.99. The number of aromatic nitrogens is 1. The van der Waals surface area contributed by atoms with Crippen molar-refractivity contribution < 1.29 is 9.21 Å². The van der Waals surface area contributed by atoms with Gasteiger partial charge in [-0.15, -0.1) is 0 Å². The maximum atomic E-state index is 12.5. The molecule has 0 unspecified atom stereocenters. The molecule has 1 amide bonds. The average Bonchev–Trinajstić information content (AvgIpc) is 3.38. The van der Waals surface area contributed by atoms with Crippen molar-refractivity contribution in [1.82, 2.24) is 9.88 Å². The van der Waals surface area contributed by atoms with E-state index in [1.807, 2.05) is 54.3 Å². The summed E-state index contributed by atoms with van der Waals surface area (Å²) in [5.41, 5.74) is 3.61. The van der Waals surface area contributed by atoms with Crippen LogP contribution in [0.1, 0.15) is 34.7 Å². The van der Waals surface area contributed by atoms with Crippen LogP contribution in [0.3, 0.4) is 0 Å². The van der Waals surface area contributed by atoms with Gasteiger partial charge < -0.3 is 14.6 Å². The fourth-order valence-electron chi connectivity index (χ4n) is 3.44. The van der Waals surface area contributed by atoms with Crippen LogP contribution >= 0.6 is 11.6 Å². The zero-order valence-electron chi connectivity index (χ0n) is 15.7. The predicted octanol–water partition coefficient (Wildman–Crippen LogP) is 5.15. The number of nitrogens with zero attached hydrogens (tertiary/aromatic N) is 2. The monoisotopic (exact) mass is 395 g/mol. The first-order valence-corrected chi connectivity index (χ1v) is 9.82. The number of rotatable bonds is 5. The molecular weight excluding hydrogens is 374 g/mol. The summed E-state index contributed by atoms with van der Waals surface area (Å²) in [5.74, 6) is 1.39. The van der Waals surface area contributed by atoms with E-state index in [-0.39, 0.29) is 5.91 Å². The minimum absolute atomic E-state index is 0.117. The van der Waals surface area contributed by atoms with Crippen molar-refractivity contribution >= 4 is 23.2 Å². The second kappa shape index (κ2) is 8.07. The highest BCUT2D eigenvalue weighted by molar-refractivity contribution is 6.30. The van der Waals surface area contributed by atoms with Crippen LogP contribution in [0.25, 0.3) is 11.3 Å². The zero-order chi connectivity index (χ0) is 19.5. The number of nitrogens with one attached hydrogen (secondary N) is 1. The first-order valence-electron chi connectivity index (χ1n) is 9.44. The molecule has 1 saturated heterocycles. The number of likely N-dealkylation sites (tertiary alicyclic amines) is 1. The van der Waals surface area contributed by atoms with Crippen molar-refractivity contribution in [1.29, 1.82) is 0 Å². The van der Waals surface area contributed by atoms with E-state index < -0.39 is 0 Å². The highest BCUT2D eigenvalue weighted by atomic mass is 35.5. The molecule has 0 saturated carbocycles. The highest BCUT2D eigenvalue weighted by Gasteiger charge is 2.19. The van der Waals surface area contributed by atoms with Crippen molar-refractivity contribution in [3.05, 3.63) is 70.7 Å². The van der Waals surface area contributed by atoms with Gasteiger partial charge in [-0.3, -0.25) is 4.79 Å². The van der Waals surface area contributed by atoms with Gasteiger partial charge in [0.25, 0.3) is 5.91 Å². The van der Waals surface area contributed by atoms with Gasteiger partial charge in [-0.1, -0.05) is 23.7 Å². The fraction of sp³-hybridized carbons (Fsp3) is 0.273. The first kappa shape index (κ1) is 18.6. The highest BCUT2D eigenvalue weighted by Crippen LogP contribution is 2.24. The maximum Gasteiger partial charge on any atom is 0.253 e. The smallest absolute Gasteiger partial charge is 0.253 e. The lowest BCUT2D eigenvalue weighted by molar-refractivity contribution is 0.0793. The minimum Gasteiger partial charge on any atom is -0.439 e. The summed E-state index contributed by atoms with van der Waals surface area (Å²) >= 11 is 6.04. The second-order valence-corrected chi connectivity index (χ2v) is 7.45. The van der Waals surface area contributed by atoms with Crippen LogP contribution in [0.15, 0.2) is 53.1 Å². The third kappa shape index (κ3) is 4.04. The van der Waals surface area contributed by atoms with Gasteiger partial charge in [0, 0.05) is 34.9 Å². The number of benzene rings is 2. The number of halogens is 1. The van der Waals surface area contributed by atoms with Gasteiger partial charge >= 0.3 is 0 Å². The predicted molar refractivity (Wildman–Crippen MR) is 111 cm³/mol. The molecule has 28 heavy (non-hydrogen) atoms. The topological polar surface area (TPSA) is 58.4 Å². The van der Waals surface area contributed by atoms with E-state index in [2.05, 4.69) is 10.3 Å². The quantitative estimate of drug-likeness (QED) is 0.648. The van der Waals surface area contributed by atoms with Crippen molar-refractivity contribution in [3.63, 3.8) is 0 Å². The number of anilines is 1. The number of oxazole rings is 1. The van der Waals surface area contributed by atoms with E-state index >= 15 is 0 Å². The van der Waals surface area contributed by atoms with Gasteiger partial charge in [-0.2, -0.15) is 0 Å². The van der Waals surface area contributed by atoms with Gasteiger partial charge in [-0.25, -0.2) is 4.98 Å². The van der Waals surface area contributed by atoms with Crippen molar-refractivity contribution in [3.8, 4) is 11.3 Å². The van der Waals surface area contributed by atoms with Crippen LogP contribution in [-0.2, 0) is 6.54 Å². The van der Waals surface area contributed by atoms with Gasteiger partial charge in [-0.05, 0) is 55.7 Å². The molecule has 0 aliphatic carbocycles. The summed E-state index contributed by atoms with van der Waals surface area (Å²) < 4.78 is 5.82. The minimum atomic E-state index is 0.117. The Kier molecular flexibility index (Phi) is 5.35. The van der Waals surface area contributed by atoms with E-state index in [0.29, 0.717) is 23.2 Å². The Morgan fingerprint density at radius 3 is 2.79 bits per heavy atom. The summed E-state index contributed by atoms with van der Waals surface area (Å²) in [4.78, 5) is 18.8. The van der Waals surface area contributed by atoms with E-state index in [4.69, 9.17) is 16.0 Å². The average molecular weight is 396 g/mol. The molecular formula is C22H22ClN3O2. The molecule has 1 aliphatic rings.